The first kappa shape index (κ1) is 16.3. The van der Waals surface area contributed by atoms with Crippen LogP contribution < -0.4 is 4.74 Å². The number of fused-ring (bicyclic) bond motifs is 2. The molecule has 0 fully saturated rings. The number of carbonyl (C=O) groups excluding carboxylic acids is 2. The fourth-order valence-corrected chi connectivity index (χ4v) is 3.47. The Morgan fingerprint density at radius 1 is 1.04 bits per heavy atom. The summed E-state index contributed by atoms with van der Waals surface area (Å²) in [5, 5.41) is 20.6. The van der Waals surface area contributed by atoms with Crippen molar-refractivity contribution in [3.05, 3.63) is 33.8 Å². The van der Waals surface area contributed by atoms with Crippen molar-refractivity contribution < 1.29 is 34.0 Å². The molecule has 1 aliphatic carbocycles. The van der Waals surface area contributed by atoms with Crippen molar-refractivity contribution in [2.75, 3.05) is 14.2 Å². The predicted molar refractivity (Wildman–Crippen MR) is 82.6 cm³/mol. The normalized spacial score (nSPS) is 23.0. The number of ketones is 2. The Kier molecular flexibility index (Phi) is 3.76. The quantitative estimate of drug-likeness (QED) is 0.855. The third kappa shape index (κ3) is 2.01. The molecule has 0 saturated heterocycles. The van der Waals surface area contributed by atoms with E-state index < -0.39 is 29.2 Å². The summed E-state index contributed by atoms with van der Waals surface area (Å²) in [7, 11) is 2.57. The maximum Gasteiger partial charge on any atom is 0.236 e. The fourth-order valence-electron chi connectivity index (χ4n) is 3.47. The van der Waals surface area contributed by atoms with Crippen LogP contribution in [-0.2, 0) is 15.9 Å². The number of phenols is 1. The van der Waals surface area contributed by atoms with E-state index in [1.165, 1.54) is 14.2 Å². The molecule has 7 heteroatoms. The van der Waals surface area contributed by atoms with E-state index in [1.807, 2.05) is 6.92 Å². The molecular weight excluding hydrogens is 316 g/mol. The molecule has 0 radical (unpaired) electrons. The zero-order chi connectivity index (χ0) is 17.8. The molecule has 0 spiro atoms. The largest absolute Gasteiger partial charge is 0.507 e. The number of phenolic OH excluding ortho intramolecular Hbond substituents is 1. The summed E-state index contributed by atoms with van der Waals surface area (Å²) in [6.07, 6.45) is -0.205. The van der Waals surface area contributed by atoms with Gasteiger partial charge in [0, 0.05) is 17.5 Å². The van der Waals surface area contributed by atoms with Crippen LogP contribution in [0.25, 0.3) is 0 Å². The van der Waals surface area contributed by atoms with Crippen molar-refractivity contribution in [1.29, 1.82) is 0 Å². The van der Waals surface area contributed by atoms with Gasteiger partial charge in [-0.25, -0.2) is 0 Å². The molecule has 0 unspecified atom stereocenters. The topological polar surface area (TPSA) is 102 Å². The van der Waals surface area contributed by atoms with Gasteiger partial charge >= 0.3 is 0 Å². The number of aromatic hydroxyl groups is 1. The fraction of sp³-hybridized carbons (Fsp3) is 0.412. The SMILES string of the molecule is COC1=C(O)C(=O)c2c(O)c3c(c(OC)c2C1=O)C[C@H](C)O[C@@H]3C. The number of hydrogen-bond donors (Lipinski definition) is 2. The Bertz CT molecular complexity index is 791. The molecule has 2 atom stereocenters. The lowest BCUT2D eigenvalue weighted by Gasteiger charge is -2.32. The van der Waals surface area contributed by atoms with Gasteiger partial charge in [-0.3, -0.25) is 9.59 Å². The van der Waals surface area contributed by atoms with Gasteiger partial charge in [-0.2, -0.15) is 0 Å². The van der Waals surface area contributed by atoms with Crippen LogP contribution >= 0.6 is 0 Å². The second-order valence-electron chi connectivity index (χ2n) is 5.86. The zero-order valence-electron chi connectivity index (χ0n) is 13.8. The molecule has 128 valence electrons. The smallest absolute Gasteiger partial charge is 0.236 e. The molecule has 0 amide bonds. The third-order valence-corrected chi connectivity index (χ3v) is 4.40. The molecule has 2 aliphatic rings. The van der Waals surface area contributed by atoms with Crippen LogP contribution in [0.4, 0.5) is 0 Å². The lowest BCUT2D eigenvalue weighted by atomic mass is 9.82. The minimum absolute atomic E-state index is 0.0882. The number of Topliss-reactive ketones (excluding diaryl/α,β-unsaturated/α-hetero) is 2. The van der Waals surface area contributed by atoms with Crippen molar-refractivity contribution in [2.24, 2.45) is 0 Å². The summed E-state index contributed by atoms with van der Waals surface area (Å²) < 4.78 is 16.0. The first-order valence-corrected chi connectivity index (χ1v) is 7.51. The van der Waals surface area contributed by atoms with E-state index in [0.717, 1.165) is 0 Å². The van der Waals surface area contributed by atoms with E-state index in [-0.39, 0.29) is 28.7 Å². The van der Waals surface area contributed by atoms with Gasteiger partial charge in [-0.1, -0.05) is 0 Å². The van der Waals surface area contributed by atoms with Crippen LogP contribution in [0.3, 0.4) is 0 Å². The molecule has 1 aliphatic heterocycles. The highest BCUT2D eigenvalue weighted by Crippen LogP contribution is 2.48. The lowest BCUT2D eigenvalue weighted by Crippen LogP contribution is -2.29. The molecule has 3 rings (SSSR count). The Morgan fingerprint density at radius 2 is 1.71 bits per heavy atom. The molecule has 2 N–H and O–H groups in total. The number of hydrogen-bond acceptors (Lipinski definition) is 7. The van der Waals surface area contributed by atoms with Gasteiger partial charge in [-0.15, -0.1) is 0 Å². The first-order valence-electron chi connectivity index (χ1n) is 7.51. The maximum absolute atomic E-state index is 12.7. The van der Waals surface area contributed by atoms with E-state index in [1.54, 1.807) is 6.92 Å². The van der Waals surface area contributed by atoms with Crippen LogP contribution in [0.15, 0.2) is 11.5 Å². The van der Waals surface area contributed by atoms with Crippen LogP contribution in [0, 0.1) is 0 Å². The van der Waals surface area contributed by atoms with Crippen LogP contribution in [0.2, 0.25) is 0 Å². The van der Waals surface area contributed by atoms with Crippen molar-refractivity contribution in [3.8, 4) is 11.5 Å². The van der Waals surface area contributed by atoms with Crippen LogP contribution in [0.5, 0.6) is 11.5 Å². The number of allylic oxidation sites excluding steroid dienone is 2. The Labute approximate surface area is 138 Å². The minimum atomic E-state index is -0.883. The highest BCUT2D eigenvalue weighted by atomic mass is 16.5. The molecule has 24 heavy (non-hydrogen) atoms. The number of methoxy groups -OCH3 is 2. The molecule has 1 aromatic rings. The van der Waals surface area contributed by atoms with E-state index in [4.69, 9.17) is 14.2 Å². The number of carbonyl (C=O) groups is 2. The molecule has 0 aromatic heterocycles. The number of ether oxygens (including phenoxy) is 3. The molecule has 1 heterocycles. The summed E-state index contributed by atoms with van der Waals surface area (Å²) in [6, 6.07) is 0. The van der Waals surface area contributed by atoms with Gasteiger partial charge in [0.05, 0.1) is 37.6 Å². The van der Waals surface area contributed by atoms with Gasteiger partial charge in [-0.05, 0) is 13.8 Å². The second-order valence-corrected chi connectivity index (χ2v) is 5.86. The zero-order valence-corrected chi connectivity index (χ0v) is 13.8. The molecular formula is C17H18O7. The average Bonchev–Trinajstić information content (AvgIpc) is 2.52. The van der Waals surface area contributed by atoms with Crippen LogP contribution in [-0.4, -0.2) is 42.1 Å². The standard InChI is InChI=1S/C17H18O7/c1-6-5-8-9(7(2)24-6)12(18)10-11(16(8)22-3)14(20)17(23-4)15(21)13(10)19/h6-7,18,21H,5H2,1-4H3/t6-,7+/m0/s1. The summed E-state index contributed by atoms with van der Waals surface area (Å²) in [4.78, 5) is 25.1. The Hall–Kier alpha value is -2.54. The highest BCUT2D eigenvalue weighted by Gasteiger charge is 2.42. The number of benzene rings is 1. The van der Waals surface area contributed by atoms with Crippen molar-refractivity contribution in [2.45, 2.75) is 32.5 Å². The summed E-state index contributed by atoms with van der Waals surface area (Å²) >= 11 is 0. The summed E-state index contributed by atoms with van der Waals surface area (Å²) in [6.45, 7) is 3.61. The van der Waals surface area contributed by atoms with Crippen molar-refractivity contribution in [3.63, 3.8) is 0 Å². The first-order chi connectivity index (χ1) is 11.3. The molecule has 7 nitrogen and oxygen atoms in total. The predicted octanol–water partition coefficient (Wildman–Crippen LogP) is 2.22. The number of rotatable bonds is 2. The van der Waals surface area contributed by atoms with E-state index in [2.05, 4.69) is 0 Å². The van der Waals surface area contributed by atoms with Gasteiger partial charge in [0.2, 0.25) is 23.1 Å². The van der Waals surface area contributed by atoms with Gasteiger partial charge in [0.15, 0.2) is 0 Å². The van der Waals surface area contributed by atoms with E-state index in [9.17, 15) is 19.8 Å². The number of aliphatic hydroxyl groups is 1. The summed E-state index contributed by atoms with van der Waals surface area (Å²) in [5.41, 5.74) is 0.658. The van der Waals surface area contributed by atoms with Crippen molar-refractivity contribution in [1.82, 2.24) is 0 Å². The Morgan fingerprint density at radius 3 is 2.29 bits per heavy atom. The van der Waals surface area contributed by atoms with Crippen LogP contribution in [0.1, 0.15) is 51.8 Å². The Balaban J connectivity index is 2.40. The second kappa shape index (κ2) is 5.52. The molecule has 1 aromatic carbocycles. The molecule has 0 bridgehead atoms. The van der Waals surface area contributed by atoms with E-state index >= 15 is 0 Å². The minimum Gasteiger partial charge on any atom is -0.507 e. The monoisotopic (exact) mass is 334 g/mol. The average molecular weight is 334 g/mol. The van der Waals surface area contributed by atoms with E-state index in [0.29, 0.717) is 17.5 Å². The molecule has 0 saturated carbocycles. The van der Waals surface area contributed by atoms with Gasteiger partial charge in [0.25, 0.3) is 0 Å². The maximum atomic E-state index is 12.7. The lowest BCUT2D eigenvalue weighted by molar-refractivity contribution is -0.00678. The highest BCUT2D eigenvalue weighted by molar-refractivity contribution is 6.27. The number of aliphatic hydroxyl groups excluding tert-OH is 1. The van der Waals surface area contributed by atoms with Gasteiger partial charge < -0.3 is 24.4 Å². The van der Waals surface area contributed by atoms with Gasteiger partial charge in [0.1, 0.15) is 11.5 Å². The third-order valence-electron chi connectivity index (χ3n) is 4.40. The van der Waals surface area contributed by atoms with Crippen molar-refractivity contribution >= 4 is 11.6 Å². The summed E-state index contributed by atoms with van der Waals surface area (Å²) in [5.74, 6) is -3.03.